The molecule has 2 amide bonds. The number of nitrogens with one attached hydrogen (secondary N) is 2. The van der Waals surface area contributed by atoms with Gasteiger partial charge in [0.15, 0.2) is 0 Å². The van der Waals surface area contributed by atoms with E-state index >= 15 is 0 Å². The highest BCUT2D eigenvalue weighted by atomic mass is 35.5. The minimum absolute atomic E-state index is 0.000882. The fourth-order valence-corrected chi connectivity index (χ4v) is 2.27. The summed E-state index contributed by atoms with van der Waals surface area (Å²) in [7, 11) is 0. The third-order valence-electron chi connectivity index (χ3n) is 3.09. The van der Waals surface area contributed by atoms with Crippen LogP contribution in [-0.2, 0) is 5.75 Å². The molecule has 2 atom stereocenters. The van der Waals surface area contributed by atoms with Gasteiger partial charge in [-0.25, -0.2) is 4.79 Å². The van der Waals surface area contributed by atoms with Crippen LogP contribution in [0.15, 0.2) is 18.2 Å². The molecule has 0 bridgehead atoms. The Morgan fingerprint density at radius 3 is 2.75 bits per heavy atom. The Bertz CT molecular complexity index is 457. The highest BCUT2D eigenvalue weighted by Crippen LogP contribution is 2.24. The van der Waals surface area contributed by atoms with Gasteiger partial charge in [0.25, 0.3) is 0 Å². The number of aliphatic hydroxyl groups is 1. The van der Waals surface area contributed by atoms with Crippen LogP contribution < -0.4 is 10.6 Å². The average molecular weight is 317 g/mol. The molecule has 1 rings (SSSR count). The summed E-state index contributed by atoms with van der Waals surface area (Å²) in [6.45, 7) is 3.76. The number of benzene rings is 1. The monoisotopic (exact) mass is 316 g/mol. The number of rotatable bonds is 6. The molecule has 0 saturated heterocycles. The molecule has 112 valence electrons. The van der Waals surface area contributed by atoms with Gasteiger partial charge in [0.1, 0.15) is 0 Å². The number of urea groups is 1. The van der Waals surface area contributed by atoms with Crippen molar-refractivity contribution in [3.8, 4) is 0 Å². The molecule has 0 unspecified atom stereocenters. The SMILES string of the molecule is CSCc1ccc(Cl)c(NC(=O)N[C@H](C)[C@H](C)CO)c1. The van der Waals surface area contributed by atoms with Gasteiger partial charge in [-0.1, -0.05) is 24.6 Å². The van der Waals surface area contributed by atoms with Crippen LogP contribution in [0.1, 0.15) is 19.4 Å². The molecule has 0 saturated carbocycles. The number of carbonyl (C=O) groups is 1. The van der Waals surface area contributed by atoms with Crippen molar-refractivity contribution in [1.29, 1.82) is 0 Å². The minimum atomic E-state index is -0.319. The van der Waals surface area contributed by atoms with E-state index in [-0.39, 0.29) is 24.6 Å². The lowest BCUT2D eigenvalue weighted by Crippen LogP contribution is -2.40. The highest BCUT2D eigenvalue weighted by molar-refractivity contribution is 7.97. The van der Waals surface area contributed by atoms with Crippen molar-refractivity contribution in [1.82, 2.24) is 5.32 Å². The number of halogens is 1. The first-order chi connectivity index (χ1) is 9.47. The summed E-state index contributed by atoms with van der Waals surface area (Å²) in [6.07, 6.45) is 2.02. The Balaban J connectivity index is 2.67. The fourth-order valence-electron chi connectivity index (χ4n) is 1.59. The van der Waals surface area contributed by atoms with E-state index in [4.69, 9.17) is 16.7 Å². The molecule has 6 heteroatoms. The first-order valence-corrected chi connectivity index (χ1v) is 8.20. The second-order valence-electron chi connectivity index (χ2n) is 4.79. The third-order valence-corrected chi connectivity index (χ3v) is 4.04. The number of thioether (sulfide) groups is 1. The Kier molecular flexibility index (Phi) is 7.19. The molecule has 0 aliphatic rings. The van der Waals surface area contributed by atoms with Crippen molar-refractivity contribution in [2.45, 2.75) is 25.6 Å². The molecule has 0 aromatic heterocycles. The predicted molar refractivity (Wildman–Crippen MR) is 86.5 cm³/mol. The lowest BCUT2D eigenvalue weighted by atomic mass is 10.1. The van der Waals surface area contributed by atoms with E-state index in [9.17, 15) is 4.79 Å². The zero-order valence-corrected chi connectivity index (χ0v) is 13.5. The molecule has 0 aliphatic heterocycles. The molecule has 0 heterocycles. The first-order valence-electron chi connectivity index (χ1n) is 6.43. The van der Waals surface area contributed by atoms with Crippen molar-refractivity contribution in [3.05, 3.63) is 28.8 Å². The molecular weight excluding hydrogens is 296 g/mol. The summed E-state index contributed by atoms with van der Waals surface area (Å²) < 4.78 is 0. The molecule has 1 aromatic rings. The maximum Gasteiger partial charge on any atom is 0.319 e. The lowest BCUT2D eigenvalue weighted by Gasteiger charge is -2.20. The van der Waals surface area contributed by atoms with Gasteiger partial charge in [0.2, 0.25) is 0 Å². The number of hydrogen-bond donors (Lipinski definition) is 3. The molecule has 0 spiro atoms. The maximum atomic E-state index is 11.9. The van der Waals surface area contributed by atoms with Crippen LogP contribution in [0.25, 0.3) is 0 Å². The van der Waals surface area contributed by atoms with Gasteiger partial charge >= 0.3 is 6.03 Å². The predicted octanol–water partition coefficient (Wildman–Crippen LogP) is 3.34. The summed E-state index contributed by atoms with van der Waals surface area (Å²) in [5, 5.41) is 15.1. The van der Waals surface area contributed by atoms with Gasteiger partial charge in [-0.3, -0.25) is 0 Å². The summed E-state index contributed by atoms with van der Waals surface area (Å²) in [5.41, 5.74) is 1.70. The van der Waals surface area contributed by atoms with Crippen molar-refractivity contribution >= 4 is 35.1 Å². The normalized spacial score (nSPS) is 13.7. The maximum absolute atomic E-state index is 11.9. The number of carbonyl (C=O) groups excluding carboxylic acids is 1. The standard InChI is InChI=1S/C14H21ClN2O2S/c1-9(7-18)10(2)16-14(19)17-13-6-11(8-20-3)4-5-12(13)15/h4-6,9-10,18H,7-8H2,1-3H3,(H2,16,17,19)/t9-,10-/m1/s1. The largest absolute Gasteiger partial charge is 0.396 e. The fraction of sp³-hybridized carbons (Fsp3) is 0.500. The van der Waals surface area contributed by atoms with Crippen molar-refractivity contribution in [2.75, 3.05) is 18.2 Å². The summed E-state index contributed by atoms with van der Waals surface area (Å²) in [4.78, 5) is 11.9. The van der Waals surface area contributed by atoms with Crippen LogP contribution in [0.2, 0.25) is 5.02 Å². The number of hydrogen-bond acceptors (Lipinski definition) is 3. The summed E-state index contributed by atoms with van der Waals surface area (Å²) in [6, 6.07) is 5.16. The number of anilines is 1. The zero-order chi connectivity index (χ0) is 15.1. The smallest absolute Gasteiger partial charge is 0.319 e. The van der Waals surface area contributed by atoms with Crippen LogP contribution in [-0.4, -0.2) is 30.0 Å². The van der Waals surface area contributed by atoms with Gasteiger partial charge in [-0.15, -0.1) is 0 Å². The highest BCUT2D eigenvalue weighted by Gasteiger charge is 2.14. The van der Waals surface area contributed by atoms with Gasteiger partial charge in [-0.05, 0) is 36.8 Å². The molecule has 20 heavy (non-hydrogen) atoms. The molecule has 3 N–H and O–H groups in total. The Morgan fingerprint density at radius 1 is 1.45 bits per heavy atom. The van der Waals surface area contributed by atoms with Crippen LogP contribution in [0.3, 0.4) is 0 Å². The Hall–Kier alpha value is -0.910. The Labute approximate surface area is 129 Å². The summed E-state index contributed by atoms with van der Waals surface area (Å²) in [5.74, 6) is 0.866. The quantitative estimate of drug-likeness (QED) is 0.754. The van der Waals surface area contributed by atoms with Crippen LogP contribution in [0.5, 0.6) is 0 Å². The summed E-state index contributed by atoms with van der Waals surface area (Å²) >= 11 is 7.78. The van der Waals surface area contributed by atoms with E-state index in [1.165, 1.54) is 0 Å². The first kappa shape index (κ1) is 17.1. The van der Waals surface area contributed by atoms with E-state index in [1.807, 2.05) is 32.2 Å². The second-order valence-corrected chi connectivity index (χ2v) is 6.07. The topological polar surface area (TPSA) is 61.4 Å². The van der Waals surface area contributed by atoms with Crippen molar-refractivity contribution in [2.24, 2.45) is 5.92 Å². The van der Waals surface area contributed by atoms with Crippen LogP contribution >= 0.6 is 23.4 Å². The van der Waals surface area contributed by atoms with Crippen molar-refractivity contribution < 1.29 is 9.90 Å². The van der Waals surface area contributed by atoms with E-state index in [2.05, 4.69) is 10.6 Å². The third kappa shape index (κ3) is 5.23. The molecular formula is C14H21ClN2O2S. The van der Waals surface area contributed by atoms with E-state index in [1.54, 1.807) is 17.8 Å². The van der Waals surface area contributed by atoms with E-state index in [0.717, 1.165) is 11.3 Å². The van der Waals surface area contributed by atoms with Gasteiger partial charge < -0.3 is 15.7 Å². The molecule has 0 fully saturated rings. The molecule has 1 aromatic carbocycles. The van der Waals surface area contributed by atoms with E-state index in [0.29, 0.717) is 10.7 Å². The van der Waals surface area contributed by atoms with E-state index < -0.39 is 0 Å². The zero-order valence-electron chi connectivity index (χ0n) is 11.9. The van der Waals surface area contributed by atoms with Gasteiger partial charge in [0.05, 0.1) is 10.7 Å². The van der Waals surface area contributed by atoms with Crippen LogP contribution in [0, 0.1) is 5.92 Å². The Morgan fingerprint density at radius 2 is 2.15 bits per heavy atom. The minimum Gasteiger partial charge on any atom is -0.396 e. The second kappa shape index (κ2) is 8.39. The van der Waals surface area contributed by atoms with Gasteiger partial charge in [-0.2, -0.15) is 11.8 Å². The molecule has 4 nitrogen and oxygen atoms in total. The van der Waals surface area contributed by atoms with Crippen molar-refractivity contribution in [3.63, 3.8) is 0 Å². The molecule has 0 aliphatic carbocycles. The van der Waals surface area contributed by atoms with Crippen LogP contribution in [0.4, 0.5) is 10.5 Å². The van der Waals surface area contributed by atoms with Gasteiger partial charge in [0, 0.05) is 18.4 Å². The lowest BCUT2D eigenvalue weighted by molar-refractivity contribution is 0.204. The number of amides is 2. The molecule has 0 radical (unpaired) electrons. The number of aliphatic hydroxyl groups excluding tert-OH is 1. The average Bonchev–Trinajstić information content (AvgIpc) is 2.41.